The normalized spacial score (nSPS) is 16.4. The summed E-state index contributed by atoms with van der Waals surface area (Å²) >= 11 is 6.19. The fraction of sp³-hybridized carbons (Fsp3) is 0.500. The summed E-state index contributed by atoms with van der Waals surface area (Å²) in [5, 5.41) is 3.67. The number of nitrogens with one attached hydrogen (secondary N) is 1. The molecule has 1 aliphatic rings. The third-order valence-electron chi connectivity index (χ3n) is 4.27. The minimum absolute atomic E-state index is 0.0226. The highest BCUT2D eigenvalue weighted by Gasteiger charge is 2.27. The fourth-order valence-electron chi connectivity index (χ4n) is 3.00. The Morgan fingerprint density at radius 2 is 2.18 bits per heavy atom. The molecule has 0 radical (unpaired) electrons. The average molecular weight is 321 g/mol. The molecule has 0 atom stereocenters. The Bertz CT molecular complexity index is 661. The quantitative estimate of drug-likeness (QED) is 0.941. The van der Waals surface area contributed by atoms with Crippen LogP contribution >= 0.6 is 11.6 Å². The van der Waals surface area contributed by atoms with Gasteiger partial charge in [0.05, 0.1) is 0 Å². The van der Waals surface area contributed by atoms with Gasteiger partial charge in [-0.2, -0.15) is 0 Å². The van der Waals surface area contributed by atoms with E-state index in [1.807, 2.05) is 29.3 Å². The van der Waals surface area contributed by atoms with Gasteiger partial charge in [0.15, 0.2) is 10.8 Å². The predicted molar refractivity (Wildman–Crippen MR) is 87.4 cm³/mol. The molecule has 1 amide bonds. The van der Waals surface area contributed by atoms with E-state index >= 15 is 0 Å². The monoisotopic (exact) mass is 320 g/mol. The number of carbonyl (C=O) groups excluding carboxylic acids is 1. The Morgan fingerprint density at radius 1 is 1.41 bits per heavy atom. The minimum Gasteiger partial charge on any atom is -0.337 e. The second-order valence-corrected chi connectivity index (χ2v) is 6.08. The molecule has 2 aromatic rings. The second kappa shape index (κ2) is 6.67. The largest absolute Gasteiger partial charge is 0.337 e. The van der Waals surface area contributed by atoms with Gasteiger partial charge in [0, 0.05) is 19.3 Å². The molecule has 1 aliphatic heterocycles. The van der Waals surface area contributed by atoms with Gasteiger partial charge < -0.3 is 10.2 Å². The van der Waals surface area contributed by atoms with Crippen molar-refractivity contribution >= 4 is 23.2 Å². The second-order valence-electron chi connectivity index (χ2n) is 5.72. The van der Waals surface area contributed by atoms with E-state index in [2.05, 4.69) is 17.2 Å². The number of nitrogens with zero attached hydrogens (tertiary/aromatic N) is 3. The number of hydrogen-bond acceptors (Lipinski definition) is 3. The van der Waals surface area contributed by atoms with Crippen molar-refractivity contribution in [2.45, 2.75) is 19.8 Å². The number of halogens is 1. The van der Waals surface area contributed by atoms with Crippen molar-refractivity contribution in [2.24, 2.45) is 5.92 Å². The first-order chi connectivity index (χ1) is 10.7. The van der Waals surface area contributed by atoms with E-state index in [9.17, 15) is 4.79 Å². The topological polar surface area (TPSA) is 49.6 Å². The average Bonchev–Trinajstić information content (AvgIpc) is 2.88. The lowest BCUT2D eigenvalue weighted by atomic mass is 9.96. The Labute approximate surface area is 135 Å². The zero-order valence-corrected chi connectivity index (χ0v) is 13.5. The standard InChI is InChI=1S/C16H21ClN4O/c1-2-18-11-12-6-9-20(10-7-12)16(22)14-15(17)19-13-5-3-4-8-21(13)14/h3-5,8,12,18H,2,6-7,9-11H2,1H3. The van der Waals surface area contributed by atoms with E-state index in [4.69, 9.17) is 11.6 Å². The van der Waals surface area contributed by atoms with Crippen LogP contribution in [-0.2, 0) is 0 Å². The van der Waals surface area contributed by atoms with E-state index in [1.165, 1.54) is 0 Å². The van der Waals surface area contributed by atoms with Gasteiger partial charge in [-0.25, -0.2) is 4.98 Å². The van der Waals surface area contributed by atoms with Crippen LogP contribution in [-0.4, -0.2) is 46.4 Å². The number of piperidine rings is 1. The highest BCUT2D eigenvalue weighted by atomic mass is 35.5. The molecule has 0 saturated carbocycles. The summed E-state index contributed by atoms with van der Waals surface area (Å²) in [4.78, 5) is 18.9. The molecule has 118 valence electrons. The van der Waals surface area contributed by atoms with E-state index in [0.29, 0.717) is 17.3 Å². The van der Waals surface area contributed by atoms with Crippen LogP contribution < -0.4 is 5.32 Å². The Morgan fingerprint density at radius 3 is 2.91 bits per heavy atom. The van der Waals surface area contributed by atoms with Crippen molar-refractivity contribution in [1.29, 1.82) is 0 Å². The van der Waals surface area contributed by atoms with Crippen molar-refractivity contribution in [2.75, 3.05) is 26.2 Å². The molecule has 22 heavy (non-hydrogen) atoms. The molecule has 0 spiro atoms. The highest BCUT2D eigenvalue weighted by Crippen LogP contribution is 2.23. The van der Waals surface area contributed by atoms with Gasteiger partial charge in [-0.15, -0.1) is 0 Å². The van der Waals surface area contributed by atoms with Crippen molar-refractivity contribution in [3.05, 3.63) is 35.2 Å². The van der Waals surface area contributed by atoms with Crippen LogP contribution in [0.2, 0.25) is 5.15 Å². The summed E-state index contributed by atoms with van der Waals surface area (Å²) in [5.74, 6) is 0.632. The number of likely N-dealkylation sites (tertiary alicyclic amines) is 1. The number of hydrogen-bond donors (Lipinski definition) is 1. The Kier molecular flexibility index (Phi) is 4.64. The van der Waals surface area contributed by atoms with Crippen molar-refractivity contribution in [1.82, 2.24) is 19.6 Å². The van der Waals surface area contributed by atoms with Crippen molar-refractivity contribution in [3.63, 3.8) is 0 Å². The van der Waals surface area contributed by atoms with Gasteiger partial charge in [-0.05, 0) is 44.0 Å². The lowest BCUT2D eigenvalue weighted by Crippen LogP contribution is -2.41. The van der Waals surface area contributed by atoms with Crippen LogP contribution in [0, 0.1) is 5.92 Å². The molecule has 5 nitrogen and oxygen atoms in total. The summed E-state index contributed by atoms with van der Waals surface area (Å²) in [6, 6.07) is 5.62. The fourth-order valence-corrected chi connectivity index (χ4v) is 3.26. The third-order valence-corrected chi connectivity index (χ3v) is 4.54. The Hall–Kier alpha value is -1.59. The number of amides is 1. The van der Waals surface area contributed by atoms with Crippen LogP contribution in [0.25, 0.3) is 5.65 Å². The SMILES string of the molecule is CCNCC1CCN(C(=O)c2c(Cl)nc3ccccn23)CC1. The van der Waals surface area contributed by atoms with Gasteiger partial charge in [0.2, 0.25) is 0 Å². The first-order valence-corrected chi connectivity index (χ1v) is 8.21. The molecule has 3 rings (SSSR count). The number of fused-ring (bicyclic) bond motifs is 1. The number of carbonyl (C=O) groups is 1. The van der Waals surface area contributed by atoms with E-state index < -0.39 is 0 Å². The summed E-state index contributed by atoms with van der Waals surface area (Å²) in [5.41, 5.74) is 1.18. The molecular formula is C16H21ClN4O. The van der Waals surface area contributed by atoms with Gasteiger partial charge in [-0.3, -0.25) is 9.20 Å². The van der Waals surface area contributed by atoms with Crippen molar-refractivity contribution in [3.8, 4) is 0 Å². The lowest BCUT2D eigenvalue weighted by molar-refractivity contribution is 0.0683. The smallest absolute Gasteiger partial charge is 0.274 e. The molecule has 1 fully saturated rings. The maximum atomic E-state index is 12.8. The summed E-state index contributed by atoms with van der Waals surface area (Å²) in [7, 11) is 0. The molecule has 0 aliphatic carbocycles. The van der Waals surface area contributed by atoms with Crippen LogP contribution in [0.15, 0.2) is 24.4 Å². The number of imidazole rings is 1. The highest BCUT2D eigenvalue weighted by molar-refractivity contribution is 6.32. The molecule has 0 bridgehead atoms. The summed E-state index contributed by atoms with van der Waals surface area (Å²) in [6.07, 6.45) is 3.90. The first kappa shape index (κ1) is 15.3. The number of rotatable bonds is 4. The molecule has 0 aromatic carbocycles. The summed E-state index contributed by atoms with van der Waals surface area (Å²) in [6.45, 7) is 5.72. The molecule has 3 heterocycles. The zero-order chi connectivity index (χ0) is 15.5. The molecule has 1 saturated heterocycles. The summed E-state index contributed by atoms with van der Waals surface area (Å²) < 4.78 is 1.77. The Balaban J connectivity index is 1.73. The molecule has 6 heteroatoms. The zero-order valence-electron chi connectivity index (χ0n) is 12.8. The van der Waals surface area contributed by atoms with Crippen LogP contribution in [0.1, 0.15) is 30.3 Å². The van der Waals surface area contributed by atoms with Gasteiger partial charge >= 0.3 is 0 Å². The first-order valence-electron chi connectivity index (χ1n) is 7.83. The van der Waals surface area contributed by atoms with Gasteiger partial charge in [0.25, 0.3) is 5.91 Å². The van der Waals surface area contributed by atoms with E-state index in [0.717, 1.165) is 39.0 Å². The molecule has 1 N–H and O–H groups in total. The van der Waals surface area contributed by atoms with E-state index in [1.54, 1.807) is 4.40 Å². The lowest BCUT2D eigenvalue weighted by Gasteiger charge is -2.32. The minimum atomic E-state index is -0.0226. The maximum Gasteiger partial charge on any atom is 0.274 e. The third kappa shape index (κ3) is 2.96. The maximum absolute atomic E-state index is 12.8. The van der Waals surface area contributed by atoms with Gasteiger partial charge in [-0.1, -0.05) is 24.6 Å². The van der Waals surface area contributed by atoms with Crippen LogP contribution in [0.3, 0.4) is 0 Å². The van der Waals surface area contributed by atoms with Crippen molar-refractivity contribution < 1.29 is 4.79 Å². The van der Waals surface area contributed by atoms with E-state index in [-0.39, 0.29) is 11.1 Å². The molecule has 0 unspecified atom stereocenters. The molecule has 2 aromatic heterocycles. The van der Waals surface area contributed by atoms with Gasteiger partial charge in [0.1, 0.15) is 5.65 Å². The van der Waals surface area contributed by atoms with Crippen LogP contribution in [0.4, 0.5) is 0 Å². The number of aromatic nitrogens is 2. The predicted octanol–water partition coefficient (Wildman–Crippen LogP) is 2.45. The molecular weight excluding hydrogens is 300 g/mol. The number of pyridine rings is 1. The van der Waals surface area contributed by atoms with Crippen LogP contribution in [0.5, 0.6) is 0 Å².